The number of halogens is 3. The second kappa shape index (κ2) is 2.90. The van der Waals surface area contributed by atoms with Crippen LogP contribution in [0.3, 0.4) is 0 Å². The molecular weight excluding hydrogens is 195 g/mol. The van der Waals surface area contributed by atoms with E-state index < -0.39 is 12.0 Å². The van der Waals surface area contributed by atoms with Gasteiger partial charge >= 0.3 is 6.18 Å². The van der Waals surface area contributed by atoms with Crippen molar-refractivity contribution in [3.05, 3.63) is 11.5 Å². The second-order valence-electron chi connectivity index (χ2n) is 3.37. The predicted molar refractivity (Wildman–Crippen MR) is 44.6 cm³/mol. The quantitative estimate of drug-likeness (QED) is 0.702. The topological polar surface area (TPSA) is 43.8 Å². The molecule has 1 aliphatic heterocycles. The van der Waals surface area contributed by atoms with Crippen LogP contribution >= 0.6 is 0 Å². The molecule has 0 bridgehead atoms. The van der Waals surface area contributed by atoms with Crippen molar-refractivity contribution in [2.24, 2.45) is 0 Å². The van der Waals surface area contributed by atoms with E-state index in [-0.39, 0.29) is 5.82 Å². The fraction of sp³-hybridized carbons (Fsp3) is 0.625. The number of anilines is 1. The van der Waals surface area contributed by atoms with Crippen LogP contribution in [0.1, 0.15) is 24.4 Å². The van der Waals surface area contributed by atoms with Crippen LogP contribution < -0.4 is 5.73 Å². The minimum absolute atomic E-state index is 0.0250. The van der Waals surface area contributed by atoms with E-state index in [0.717, 1.165) is 12.8 Å². The number of rotatable bonds is 0. The second-order valence-corrected chi connectivity index (χ2v) is 3.37. The molecule has 0 fully saturated rings. The first kappa shape index (κ1) is 9.36. The van der Waals surface area contributed by atoms with E-state index >= 15 is 0 Å². The van der Waals surface area contributed by atoms with Crippen molar-refractivity contribution in [1.82, 2.24) is 9.55 Å². The molecule has 3 nitrogen and oxygen atoms in total. The number of imidazole rings is 1. The zero-order chi connectivity index (χ0) is 10.3. The van der Waals surface area contributed by atoms with Crippen LogP contribution in [0.2, 0.25) is 0 Å². The Labute approximate surface area is 78.7 Å². The third kappa shape index (κ3) is 1.34. The summed E-state index contributed by atoms with van der Waals surface area (Å²) in [5.74, 6) is -0.832. The number of fused-ring (bicyclic) bond motifs is 1. The van der Waals surface area contributed by atoms with E-state index in [2.05, 4.69) is 4.98 Å². The van der Waals surface area contributed by atoms with Gasteiger partial charge in [-0.2, -0.15) is 13.2 Å². The van der Waals surface area contributed by atoms with E-state index in [1.54, 1.807) is 0 Å². The van der Waals surface area contributed by atoms with Crippen LogP contribution in [0.4, 0.5) is 19.0 Å². The van der Waals surface area contributed by atoms with E-state index in [1.807, 2.05) is 0 Å². The monoisotopic (exact) mass is 205 g/mol. The maximum Gasteiger partial charge on any atom is 0.449 e. The number of nitrogens with two attached hydrogens (primary N) is 1. The highest BCUT2D eigenvalue weighted by molar-refractivity contribution is 5.38. The lowest BCUT2D eigenvalue weighted by atomic mass is 10.1. The summed E-state index contributed by atoms with van der Waals surface area (Å²) < 4.78 is 38.5. The average molecular weight is 205 g/mol. The molecule has 2 rings (SSSR count). The summed E-state index contributed by atoms with van der Waals surface area (Å²) in [5.41, 5.74) is 5.96. The first-order chi connectivity index (χ1) is 6.50. The summed E-state index contributed by atoms with van der Waals surface area (Å²) in [6.45, 7) is 0.369. The maximum absolute atomic E-state index is 12.5. The van der Waals surface area contributed by atoms with Gasteiger partial charge in [-0.1, -0.05) is 0 Å². The van der Waals surface area contributed by atoms with E-state index in [9.17, 15) is 13.2 Å². The van der Waals surface area contributed by atoms with Crippen molar-refractivity contribution in [2.45, 2.75) is 32.0 Å². The van der Waals surface area contributed by atoms with Gasteiger partial charge in [0.25, 0.3) is 0 Å². The van der Waals surface area contributed by atoms with Gasteiger partial charge in [-0.15, -0.1) is 0 Å². The van der Waals surface area contributed by atoms with Gasteiger partial charge in [0.2, 0.25) is 5.82 Å². The van der Waals surface area contributed by atoms with Crippen molar-refractivity contribution in [3.63, 3.8) is 0 Å². The first-order valence-corrected chi connectivity index (χ1v) is 4.42. The first-order valence-electron chi connectivity index (χ1n) is 4.42. The maximum atomic E-state index is 12.5. The smallest absolute Gasteiger partial charge is 0.382 e. The number of hydrogen-bond donors (Lipinski definition) is 1. The number of alkyl halides is 3. The Morgan fingerprint density at radius 2 is 2.00 bits per heavy atom. The summed E-state index contributed by atoms with van der Waals surface area (Å²) in [5, 5.41) is 0. The Morgan fingerprint density at radius 1 is 1.29 bits per heavy atom. The number of aromatic nitrogens is 2. The van der Waals surface area contributed by atoms with Gasteiger partial charge in [0.05, 0.1) is 5.69 Å². The zero-order valence-electron chi connectivity index (χ0n) is 7.43. The number of nitrogen functional groups attached to an aromatic ring is 1. The van der Waals surface area contributed by atoms with Crippen LogP contribution in [0.25, 0.3) is 0 Å². The Bertz CT molecular complexity index is 353. The highest BCUT2D eigenvalue weighted by Crippen LogP contribution is 2.33. The molecule has 0 spiro atoms. The van der Waals surface area contributed by atoms with Crippen LogP contribution in [0.15, 0.2) is 0 Å². The minimum atomic E-state index is -4.40. The van der Waals surface area contributed by atoms with Gasteiger partial charge in [0.15, 0.2) is 0 Å². The fourth-order valence-electron chi connectivity index (χ4n) is 1.79. The summed E-state index contributed by atoms with van der Waals surface area (Å²) in [4.78, 5) is 3.38. The van der Waals surface area contributed by atoms with Crippen LogP contribution in [0, 0.1) is 0 Å². The summed E-state index contributed by atoms with van der Waals surface area (Å²) in [6.07, 6.45) is -2.17. The lowest BCUT2D eigenvalue weighted by Gasteiger charge is -2.17. The molecule has 14 heavy (non-hydrogen) atoms. The predicted octanol–water partition coefficient (Wildman–Crippen LogP) is 1.82. The molecule has 2 N–H and O–H groups in total. The molecule has 1 aliphatic rings. The summed E-state index contributed by atoms with van der Waals surface area (Å²) in [7, 11) is 0. The Morgan fingerprint density at radius 3 is 2.64 bits per heavy atom. The van der Waals surface area contributed by atoms with Crippen molar-refractivity contribution < 1.29 is 13.2 Å². The molecule has 1 aromatic rings. The molecule has 78 valence electrons. The summed E-state index contributed by atoms with van der Waals surface area (Å²) >= 11 is 0. The lowest BCUT2D eigenvalue weighted by Crippen LogP contribution is -2.19. The van der Waals surface area contributed by atoms with Crippen molar-refractivity contribution in [1.29, 1.82) is 0 Å². The molecule has 0 saturated carbocycles. The SMILES string of the molecule is Nc1nc(C(F)(F)F)n2c1CCCC2. The largest absolute Gasteiger partial charge is 0.449 e. The van der Waals surface area contributed by atoms with E-state index in [4.69, 9.17) is 5.73 Å². The van der Waals surface area contributed by atoms with Crippen molar-refractivity contribution >= 4 is 5.82 Å². The van der Waals surface area contributed by atoms with Crippen LogP contribution in [-0.4, -0.2) is 9.55 Å². The molecule has 0 amide bonds. The Hall–Kier alpha value is -1.20. The van der Waals surface area contributed by atoms with Gasteiger partial charge in [0.1, 0.15) is 5.82 Å². The molecule has 0 radical (unpaired) electrons. The third-order valence-electron chi connectivity index (χ3n) is 2.40. The molecule has 0 unspecified atom stereocenters. The standard InChI is InChI=1S/C8H10F3N3/c9-8(10,11)7-13-6(12)5-3-1-2-4-14(5)7/h1-4,12H2. The minimum Gasteiger partial charge on any atom is -0.382 e. The van der Waals surface area contributed by atoms with E-state index in [0.29, 0.717) is 18.7 Å². The number of hydrogen-bond acceptors (Lipinski definition) is 2. The molecule has 0 atom stereocenters. The van der Waals surface area contributed by atoms with Crippen LogP contribution in [-0.2, 0) is 19.1 Å². The molecule has 6 heteroatoms. The van der Waals surface area contributed by atoms with Gasteiger partial charge < -0.3 is 10.3 Å². The number of nitrogens with zero attached hydrogens (tertiary/aromatic N) is 2. The molecular formula is C8H10F3N3. The van der Waals surface area contributed by atoms with Crippen molar-refractivity contribution in [3.8, 4) is 0 Å². The Balaban J connectivity index is 2.52. The normalized spacial score (nSPS) is 16.8. The summed E-state index contributed by atoms with van der Waals surface area (Å²) in [6, 6.07) is 0. The van der Waals surface area contributed by atoms with Crippen molar-refractivity contribution in [2.75, 3.05) is 5.73 Å². The molecule has 0 aliphatic carbocycles. The molecule has 2 heterocycles. The third-order valence-corrected chi connectivity index (χ3v) is 2.40. The highest BCUT2D eigenvalue weighted by Gasteiger charge is 2.38. The molecule has 0 aromatic carbocycles. The molecule has 1 aromatic heterocycles. The van der Waals surface area contributed by atoms with Gasteiger partial charge in [0, 0.05) is 6.54 Å². The Kier molecular flexibility index (Phi) is 1.94. The highest BCUT2D eigenvalue weighted by atomic mass is 19.4. The molecule has 0 saturated heterocycles. The van der Waals surface area contributed by atoms with Gasteiger partial charge in [-0.05, 0) is 19.3 Å². The van der Waals surface area contributed by atoms with E-state index in [1.165, 1.54) is 4.57 Å². The average Bonchev–Trinajstić information content (AvgIpc) is 2.44. The fourth-order valence-corrected chi connectivity index (χ4v) is 1.79. The van der Waals surface area contributed by atoms with Gasteiger partial charge in [-0.25, -0.2) is 4.98 Å². The lowest BCUT2D eigenvalue weighted by molar-refractivity contribution is -0.147. The van der Waals surface area contributed by atoms with Gasteiger partial charge in [-0.3, -0.25) is 0 Å². The van der Waals surface area contributed by atoms with Crippen LogP contribution in [0.5, 0.6) is 0 Å². The zero-order valence-corrected chi connectivity index (χ0v) is 7.43.